The van der Waals surface area contributed by atoms with Gasteiger partial charge in [-0.1, -0.05) is 12.1 Å². The van der Waals surface area contributed by atoms with E-state index >= 15 is 0 Å². The quantitative estimate of drug-likeness (QED) is 0.611. The van der Waals surface area contributed by atoms with E-state index in [1.807, 2.05) is 0 Å². The molecule has 0 bridgehead atoms. The van der Waals surface area contributed by atoms with E-state index in [0.717, 1.165) is 18.2 Å². The molecule has 2 rings (SSSR count). The van der Waals surface area contributed by atoms with Gasteiger partial charge in [0.25, 0.3) is 0 Å². The van der Waals surface area contributed by atoms with Crippen molar-refractivity contribution >= 4 is 16.7 Å². The van der Waals surface area contributed by atoms with Gasteiger partial charge in [0.1, 0.15) is 5.82 Å². The molecule has 2 nitrogen and oxygen atoms in total. The Morgan fingerprint density at radius 3 is 2.43 bits per heavy atom. The number of rotatable bonds is 2. The number of hydrogen-bond donors (Lipinski definition) is 0. The van der Waals surface area contributed by atoms with Crippen molar-refractivity contribution in [1.29, 1.82) is 0 Å². The summed E-state index contributed by atoms with van der Waals surface area (Å²) in [6.45, 7) is 1.54. The first-order chi connectivity index (χ1) is 9.74. The van der Waals surface area contributed by atoms with Crippen LogP contribution < -0.4 is 0 Å². The number of hydrogen-bond acceptors (Lipinski definition) is 2. The molecule has 0 radical (unpaired) electrons. The first kappa shape index (κ1) is 15.3. The maximum atomic E-state index is 14.0. The van der Waals surface area contributed by atoms with Crippen LogP contribution in [0, 0.1) is 5.82 Å². The summed E-state index contributed by atoms with van der Waals surface area (Å²) in [5, 5.41) is 0.166. The van der Waals surface area contributed by atoms with Gasteiger partial charge in [0.15, 0.2) is 0 Å². The Morgan fingerprint density at radius 1 is 1.19 bits per heavy atom. The summed E-state index contributed by atoms with van der Waals surface area (Å²) in [6.07, 6.45) is -4.53. The number of carbonyl (C=O) groups is 1. The summed E-state index contributed by atoms with van der Waals surface area (Å²) in [6, 6.07) is 5.38. The summed E-state index contributed by atoms with van der Waals surface area (Å²) in [5.41, 5.74) is -0.561. The molecule has 0 saturated heterocycles. The van der Waals surface area contributed by atoms with Gasteiger partial charge >= 0.3 is 12.1 Å². The van der Waals surface area contributed by atoms with Crippen molar-refractivity contribution in [2.45, 2.75) is 19.0 Å². The van der Waals surface area contributed by atoms with Crippen LogP contribution in [-0.4, -0.2) is 13.1 Å². The predicted octanol–water partition coefficient (Wildman–Crippen LogP) is 4.27. The second-order valence-electron chi connectivity index (χ2n) is 4.68. The van der Waals surface area contributed by atoms with Gasteiger partial charge in [-0.3, -0.25) is 4.79 Å². The van der Waals surface area contributed by atoms with E-state index in [1.54, 1.807) is 0 Å². The molecule has 0 aliphatic carbocycles. The van der Waals surface area contributed by atoms with Gasteiger partial charge in [0.05, 0.1) is 18.6 Å². The fourth-order valence-electron chi connectivity index (χ4n) is 2.07. The lowest BCUT2D eigenvalue weighted by Gasteiger charge is -2.13. The van der Waals surface area contributed by atoms with Crippen molar-refractivity contribution in [3.63, 3.8) is 0 Å². The van der Waals surface area contributed by atoms with E-state index in [4.69, 9.17) is 0 Å². The average molecular weight is 300 g/mol. The Morgan fingerprint density at radius 2 is 1.86 bits per heavy atom. The van der Waals surface area contributed by atoms with Gasteiger partial charge in [-0.05, 0) is 36.1 Å². The van der Waals surface area contributed by atoms with Gasteiger partial charge in [-0.15, -0.1) is 0 Å². The second-order valence-corrected chi connectivity index (χ2v) is 4.68. The molecule has 1 atom stereocenters. The number of fused-ring (bicyclic) bond motifs is 1. The zero-order chi connectivity index (χ0) is 15.8. The van der Waals surface area contributed by atoms with E-state index in [1.165, 1.54) is 26.2 Å². The van der Waals surface area contributed by atoms with Gasteiger partial charge in [0.2, 0.25) is 0 Å². The lowest BCUT2D eigenvalue weighted by molar-refractivity contribution is -0.142. The number of ether oxygens (including phenoxy) is 1. The van der Waals surface area contributed by atoms with Crippen molar-refractivity contribution in [3.05, 3.63) is 47.3 Å². The first-order valence-corrected chi connectivity index (χ1v) is 6.12. The smallest absolute Gasteiger partial charge is 0.416 e. The van der Waals surface area contributed by atoms with Gasteiger partial charge < -0.3 is 4.74 Å². The molecule has 2 aromatic carbocycles. The van der Waals surface area contributed by atoms with E-state index in [-0.39, 0.29) is 5.39 Å². The highest BCUT2D eigenvalue weighted by molar-refractivity contribution is 5.87. The third-order valence-corrected chi connectivity index (χ3v) is 3.31. The van der Waals surface area contributed by atoms with Crippen LogP contribution in [0.2, 0.25) is 0 Å². The zero-order valence-electron chi connectivity index (χ0n) is 11.3. The lowest BCUT2D eigenvalue weighted by atomic mass is 9.96. The maximum Gasteiger partial charge on any atom is 0.416 e. The maximum absolute atomic E-state index is 14.0. The minimum absolute atomic E-state index is 0.134. The SMILES string of the molecule is COC(=O)C(C)c1cc(F)c2cc(C(F)(F)F)ccc2c1. The molecule has 2 aromatic rings. The number of methoxy groups -OCH3 is 1. The Labute approximate surface area is 118 Å². The summed E-state index contributed by atoms with van der Waals surface area (Å²) in [4.78, 5) is 11.5. The number of halogens is 4. The second kappa shape index (κ2) is 5.35. The van der Waals surface area contributed by atoms with Crippen LogP contribution in [-0.2, 0) is 15.7 Å². The van der Waals surface area contributed by atoms with Gasteiger partial charge in [0, 0.05) is 5.39 Å². The molecule has 6 heteroatoms. The first-order valence-electron chi connectivity index (χ1n) is 6.12. The van der Waals surface area contributed by atoms with Crippen molar-refractivity contribution in [3.8, 4) is 0 Å². The van der Waals surface area contributed by atoms with Crippen molar-refractivity contribution in [1.82, 2.24) is 0 Å². The molecular formula is C15H12F4O2. The molecule has 0 fully saturated rings. The van der Waals surface area contributed by atoms with Gasteiger partial charge in [-0.2, -0.15) is 13.2 Å². The molecule has 0 N–H and O–H groups in total. The average Bonchev–Trinajstić information content (AvgIpc) is 2.44. The lowest BCUT2D eigenvalue weighted by Crippen LogP contribution is -2.11. The minimum Gasteiger partial charge on any atom is -0.469 e. The summed E-state index contributed by atoms with van der Waals surface area (Å²) in [7, 11) is 1.21. The summed E-state index contributed by atoms with van der Waals surface area (Å²) in [5.74, 6) is -2.04. The fourth-order valence-corrected chi connectivity index (χ4v) is 2.07. The Hall–Kier alpha value is -2.11. The fraction of sp³-hybridized carbons (Fsp3) is 0.267. The Bertz CT molecular complexity index is 692. The highest BCUT2D eigenvalue weighted by Crippen LogP contribution is 2.33. The van der Waals surface area contributed by atoms with Crippen LogP contribution in [0.4, 0.5) is 17.6 Å². The molecule has 0 heterocycles. The van der Waals surface area contributed by atoms with Crippen LogP contribution in [0.1, 0.15) is 24.0 Å². The molecule has 0 amide bonds. The molecule has 21 heavy (non-hydrogen) atoms. The standard InChI is InChI=1S/C15H12F4O2/c1-8(14(20)21-2)10-5-9-3-4-11(15(17,18)19)7-12(9)13(16)6-10/h3-8H,1-2H3. The normalized spacial score (nSPS) is 13.2. The molecule has 0 aliphatic rings. The number of alkyl halides is 3. The van der Waals surface area contributed by atoms with Crippen molar-refractivity contribution in [2.75, 3.05) is 7.11 Å². The van der Waals surface area contributed by atoms with E-state index in [9.17, 15) is 22.4 Å². The van der Waals surface area contributed by atoms with E-state index < -0.39 is 29.4 Å². The number of carbonyl (C=O) groups excluding carboxylic acids is 1. The van der Waals surface area contributed by atoms with E-state index in [2.05, 4.69) is 4.74 Å². The zero-order valence-corrected chi connectivity index (χ0v) is 11.3. The van der Waals surface area contributed by atoms with Crippen molar-refractivity contribution in [2.24, 2.45) is 0 Å². The molecule has 1 unspecified atom stereocenters. The molecule has 0 spiro atoms. The van der Waals surface area contributed by atoms with E-state index in [0.29, 0.717) is 10.9 Å². The number of benzene rings is 2. The topological polar surface area (TPSA) is 26.3 Å². The van der Waals surface area contributed by atoms with Crippen LogP contribution in [0.3, 0.4) is 0 Å². The van der Waals surface area contributed by atoms with Crippen LogP contribution in [0.5, 0.6) is 0 Å². The minimum atomic E-state index is -4.53. The molecule has 0 saturated carbocycles. The highest BCUT2D eigenvalue weighted by atomic mass is 19.4. The molecule has 0 aliphatic heterocycles. The molecule has 0 aromatic heterocycles. The Balaban J connectivity index is 2.56. The third kappa shape index (κ3) is 2.99. The van der Waals surface area contributed by atoms with Crippen LogP contribution in [0.15, 0.2) is 30.3 Å². The third-order valence-electron chi connectivity index (χ3n) is 3.31. The van der Waals surface area contributed by atoms with Crippen molar-refractivity contribution < 1.29 is 27.1 Å². The summed E-state index contributed by atoms with van der Waals surface area (Å²) < 4.78 is 56.5. The predicted molar refractivity (Wildman–Crippen MR) is 69.3 cm³/mol. The largest absolute Gasteiger partial charge is 0.469 e. The van der Waals surface area contributed by atoms with Crippen LogP contribution in [0.25, 0.3) is 10.8 Å². The van der Waals surface area contributed by atoms with Gasteiger partial charge in [-0.25, -0.2) is 4.39 Å². The monoisotopic (exact) mass is 300 g/mol. The molecule has 112 valence electrons. The number of esters is 1. The Kier molecular flexibility index (Phi) is 3.89. The summed E-state index contributed by atoms with van der Waals surface area (Å²) >= 11 is 0. The molecular weight excluding hydrogens is 288 g/mol. The van der Waals surface area contributed by atoms with Crippen LogP contribution >= 0.6 is 0 Å². The highest BCUT2D eigenvalue weighted by Gasteiger charge is 2.30.